The van der Waals surface area contributed by atoms with Gasteiger partial charge in [-0.15, -0.1) is 10.2 Å². The van der Waals surface area contributed by atoms with E-state index in [4.69, 9.17) is 4.74 Å². The average Bonchev–Trinajstić information content (AvgIpc) is 3.41. The fourth-order valence-electron chi connectivity index (χ4n) is 5.78. The monoisotopic (exact) mass is 523 g/mol. The van der Waals surface area contributed by atoms with E-state index in [1.165, 1.54) is 0 Å². The van der Waals surface area contributed by atoms with Crippen molar-refractivity contribution in [1.82, 2.24) is 24.3 Å². The number of halogens is 3. The molecule has 1 saturated carbocycles. The molecule has 7 nitrogen and oxygen atoms in total. The van der Waals surface area contributed by atoms with Crippen LogP contribution in [0.25, 0.3) is 17.1 Å². The molecule has 0 bridgehead atoms. The molecule has 38 heavy (non-hydrogen) atoms. The molecule has 0 spiro atoms. The molecule has 1 aliphatic carbocycles. The van der Waals surface area contributed by atoms with E-state index >= 15 is 0 Å². The lowest BCUT2D eigenvalue weighted by atomic mass is 9.70. The number of ether oxygens (including phenoxy) is 1. The summed E-state index contributed by atoms with van der Waals surface area (Å²) in [5.74, 6) is 1.65. The Bertz CT molecular complexity index is 1500. The third kappa shape index (κ3) is 4.12. The number of benzene rings is 2. The van der Waals surface area contributed by atoms with Gasteiger partial charge >= 0.3 is 6.18 Å². The molecule has 0 radical (unpaired) electrons. The molecule has 0 amide bonds. The molecule has 2 aliphatic rings. The summed E-state index contributed by atoms with van der Waals surface area (Å²) in [6.45, 7) is 2.58. The Morgan fingerprint density at radius 1 is 1.13 bits per heavy atom. The van der Waals surface area contributed by atoms with Gasteiger partial charge in [0.2, 0.25) is 0 Å². The van der Waals surface area contributed by atoms with Crippen LogP contribution in [0.5, 0.6) is 11.5 Å². The minimum absolute atomic E-state index is 0.433. The Labute approximate surface area is 217 Å². The van der Waals surface area contributed by atoms with E-state index in [1.54, 1.807) is 19.5 Å². The van der Waals surface area contributed by atoms with Gasteiger partial charge in [-0.2, -0.15) is 13.2 Å². The highest BCUT2D eigenvalue weighted by Crippen LogP contribution is 2.51. The first-order valence-electron chi connectivity index (χ1n) is 12.7. The van der Waals surface area contributed by atoms with Crippen molar-refractivity contribution in [3.8, 4) is 28.6 Å². The van der Waals surface area contributed by atoms with Crippen LogP contribution in [0.15, 0.2) is 48.9 Å². The molecule has 1 aliphatic heterocycles. The van der Waals surface area contributed by atoms with Gasteiger partial charge in [-0.05, 0) is 68.0 Å². The number of phenols is 1. The van der Waals surface area contributed by atoms with Gasteiger partial charge in [0.05, 0.1) is 35.8 Å². The fourth-order valence-corrected chi connectivity index (χ4v) is 5.78. The first-order valence-corrected chi connectivity index (χ1v) is 12.7. The van der Waals surface area contributed by atoms with Crippen LogP contribution in [0.3, 0.4) is 0 Å². The maximum absolute atomic E-state index is 13.7. The number of phenolic OH excluding ortho intramolecular Hbond substituents is 1. The smallest absolute Gasteiger partial charge is 0.419 e. The Kier molecular flexibility index (Phi) is 5.73. The molecule has 3 heterocycles. The maximum Gasteiger partial charge on any atom is 0.419 e. The number of imidazole rings is 1. The summed E-state index contributed by atoms with van der Waals surface area (Å²) in [6.07, 6.45) is 3.25. The number of nitrogens with zero attached hydrogens (tertiary/aromatic N) is 5. The molecule has 4 aromatic rings. The van der Waals surface area contributed by atoms with Crippen molar-refractivity contribution in [3.63, 3.8) is 0 Å². The van der Waals surface area contributed by atoms with Gasteiger partial charge in [-0.25, -0.2) is 4.98 Å². The highest BCUT2D eigenvalue weighted by atomic mass is 19.4. The predicted molar refractivity (Wildman–Crippen MR) is 134 cm³/mol. The van der Waals surface area contributed by atoms with Crippen LogP contribution in [-0.4, -0.2) is 36.5 Å². The van der Waals surface area contributed by atoms with Crippen LogP contribution < -0.4 is 4.74 Å². The summed E-state index contributed by atoms with van der Waals surface area (Å²) in [5.41, 5.74) is 1.33. The van der Waals surface area contributed by atoms with Gasteiger partial charge in [0.15, 0.2) is 5.82 Å². The Balaban J connectivity index is 1.46. The lowest BCUT2D eigenvalue weighted by Gasteiger charge is -2.38. The average molecular weight is 524 g/mol. The number of aromatic nitrogens is 5. The summed E-state index contributed by atoms with van der Waals surface area (Å²) in [7, 11) is 1.61. The van der Waals surface area contributed by atoms with Crippen molar-refractivity contribution in [2.75, 3.05) is 7.11 Å². The number of fused-ring (bicyclic) bond motifs is 1. The molecule has 1 atom stereocenters. The minimum atomic E-state index is -4.65. The number of aryl methyl sites for hydroxylation is 1. The van der Waals surface area contributed by atoms with Gasteiger partial charge in [-0.3, -0.25) is 0 Å². The number of alkyl halides is 3. The predicted octanol–water partition coefficient (Wildman–Crippen LogP) is 6.05. The first kappa shape index (κ1) is 24.5. The molecule has 1 N–H and O–H groups in total. The molecule has 198 valence electrons. The quantitative estimate of drug-likeness (QED) is 0.333. The highest BCUT2D eigenvalue weighted by Gasteiger charge is 2.47. The summed E-state index contributed by atoms with van der Waals surface area (Å²) in [4.78, 5) is 4.29. The van der Waals surface area contributed by atoms with Crippen LogP contribution in [0.4, 0.5) is 13.2 Å². The first-order chi connectivity index (χ1) is 18.2. The van der Waals surface area contributed by atoms with Gasteiger partial charge in [0.25, 0.3) is 0 Å². The van der Waals surface area contributed by atoms with Crippen molar-refractivity contribution in [2.45, 2.75) is 57.2 Å². The Hall–Kier alpha value is -3.82. The number of aromatic hydroxyl groups is 1. The second-order valence-electron chi connectivity index (χ2n) is 10.4. The highest BCUT2D eigenvalue weighted by molar-refractivity contribution is 5.64. The number of hydrogen-bond donors (Lipinski definition) is 1. The third-order valence-electron chi connectivity index (χ3n) is 7.78. The van der Waals surface area contributed by atoms with Crippen LogP contribution in [0, 0.1) is 12.8 Å². The molecule has 10 heteroatoms. The molecule has 1 fully saturated rings. The van der Waals surface area contributed by atoms with Gasteiger partial charge in [0, 0.05) is 18.3 Å². The van der Waals surface area contributed by atoms with Crippen molar-refractivity contribution in [1.29, 1.82) is 0 Å². The Morgan fingerprint density at radius 3 is 2.63 bits per heavy atom. The Morgan fingerprint density at radius 2 is 1.95 bits per heavy atom. The van der Waals surface area contributed by atoms with Crippen LogP contribution in [0.1, 0.15) is 54.7 Å². The van der Waals surface area contributed by atoms with Crippen LogP contribution in [0.2, 0.25) is 0 Å². The minimum Gasteiger partial charge on any atom is -0.507 e. The summed E-state index contributed by atoms with van der Waals surface area (Å²) < 4.78 is 50.8. The van der Waals surface area contributed by atoms with E-state index in [-0.39, 0.29) is 0 Å². The van der Waals surface area contributed by atoms with E-state index in [2.05, 4.69) is 15.2 Å². The largest absolute Gasteiger partial charge is 0.507 e. The number of rotatable bonds is 6. The van der Waals surface area contributed by atoms with Crippen LogP contribution in [-0.2, 0) is 18.1 Å². The second-order valence-corrected chi connectivity index (χ2v) is 10.4. The second kappa shape index (κ2) is 8.89. The summed E-state index contributed by atoms with van der Waals surface area (Å²) in [6, 6.07) is 9.66. The van der Waals surface area contributed by atoms with Crippen molar-refractivity contribution in [3.05, 3.63) is 71.6 Å². The summed E-state index contributed by atoms with van der Waals surface area (Å²) >= 11 is 0. The van der Waals surface area contributed by atoms with Crippen molar-refractivity contribution in [2.24, 2.45) is 5.92 Å². The van der Waals surface area contributed by atoms with Crippen molar-refractivity contribution < 1.29 is 23.0 Å². The SMILES string of the molecule is COc1cc(-c2nnc3n2CCCC3(CC2CC2)c2ccc(O)c(C(F)(F)F)c2)ccc1-n1cnc(C)c1. The topological polar surface area (TPSA) is 78.0 Å². The molecule has 1 unspecified atom stereocenters. The normalized spacial score (nSPS) is 19.4. The lowest BCUT2D eigenvalue weighted by Crippen LogP contribution is -2.36. The molecule has 0 saturated heterocycles. The maximum atomic E-state index is 13.7. The zero-order valence-electron chi connectivity index (χ0n) is 21.2. The van der Waals surface area contributed by atoms with Gasteiger partial charge in [0.1, 0.15) is 17.3 Å². The molecular weight excluding hydrogens is 495 g/mol. The molecular formula is C28H28F3N5O2. The number of methoxy groups -OCH3 is 1. The molecule has 6 rings (SSSR count). The zero-order chi connectivity index (χ0) is 26.7. The third-order valence-corrected chi connectivity index (χ3v) is 7.78. The van der Waals surface area contributed by atoms with E-state index in [9.17, 15) is 18.3 Å². The van der Waals surface area contributed by atoms with Gasteiger partial charge in [-0.1, -0.05) is 18.9 Å². The van der Waals surface area contributed by atoms with E-state index < -0.39 is 22.9 Å². The van der Waals surface area contributed by atoms with Crippen molar-refractivity contribution >= 4 is 0 Å². The fraction of sp³-hybridized carbons (Fsp3) is 0.393. The van der Waals surface area contributed by atoms with Gasteiger partial charge < -0.3 is 19.0 Å². The standard InChI is InChI=1S/C28H28F3N5O2/c1-17-15-35(16-32-17)22-8-6-19(12-24(22)38-2)25-33-34-26-27(14-18-4-5-18,10-3-11-36(25)26)20-7-9-23(37)21(13-20)28(29,30)31/h6-9,12-13,15-16,18,37H,3-5,10-11,14H2,1-2H3. The lowest BCUT2D eigenvalue weighted by molar-refractivity contribution is -0.138. The summed E-state index contributed by atoms with van der Waals surface area (Å²) in [5, 5.41) is 19.1. The zero-order valence-corrected chi connectivity index (χ0v) is 21.2. The number of hydrogen-bond acceptors (Lipinski definition) is 5. The van der Waals surface area contributed by atoms with Crippen LogP contribution >= 0.6 is 0 Å². The van der Waals surface area contributed by atoms with E-state index in [0.717, 1.165) is 48.3 Å². The van der Waals surface area contributed by atoms with E-state index in [1.807, 2.05) is 40.5 Å². The molecule has 2 aromatic heterocycles. The molecule has 2 aromatic carbocycles. The van der Waals surface area contributed by atoms with E-state index in [0.29, 0.717) is 48.3 Å².